The van der Waals surface area contributed by atoms with E-state index in [2.05, 4.69) is 55.5 Å². The lowest BCUT2D eigenvalue weighted by molar-refractivity contribution is 0.0487. The number of nitrogens with zero attached hydrogens (tertiary/aromatic N) is 2. The van der Waals surface area contributed by atoms with Gasteiger partial charge in [-0.2, -0.15) is 5.10 Å². The topological polar surface area (TPSA) is 65.4 Å². The Labute approximate surface area is 195 Å². The average Bonchev–Trinajstić information content (AvgIpc) is 3.29. The van der Waals surface area contributed by atoms with Crippen LogP contribution in [0.4, 0.5) is 0 Å². The molecule has 3 aromatic rings. The van der Waals surface area contributed by atoms with Crippen molar-refractivity contribution in [3.63, 3.8) is 0 Å². The van der Waals surface area contributed by atoms with Gasteiger partial charge in [-0.15, -0.1) is 0 Å². The molecular formula is C27H33N3O3. The standard InChI is InChI=1S/C27H33N3O3/c1-19(2)25-24(17-29-30(25)22-9-5-20(3)6-10-22)26(31)28-18-27(13-15-33-16-14-27)21-7-11-23(32-4)12-8-21/h5-12,17,19H,13-16,18H2,1-4H3,(H,28,31). The Morgan fingerprint density at radius 3 is 2.39 bits per heavy atom. The van der Waals surface area contributed by atoms with E-state index < -0.39 is 0 Å². The third-order valence-corrected chi connectivity index (χ3v) is 6.62. The van der Waals surface area contributed by atoms with Gasteiger partial charge < -0.3 is 14.8 Å². The van der Waals surface area contributed by atoms with Crippen molar-refractivity contribution in [1.82, 2.24) is 15.1 Å². The molecular weight excluding hydrogens is 414 g/mol. The zero-order valence-corrected chi connectivity index (χ0v) is 19.9. The van der Waals surface area contributed by atoms with E-state index in [9.17, 15) is 4.79 Å². The minimum absolute atomic E-state index is 0.0866. The highest BCUT2D eigenvalue weighted by Gasteiger charge is 2.35. The van der Waals surface area contributed by atoms with E-state index >= 15 is 0 Å². The van der Waals surface area contributed by atoms with Crippen molar-refractivity contribution >= 4 is 5.91 Å². The molecule has 0 unspecified atom stereocenters. The first-order chi connectivity index (χ1) is 15.9. The summed E-state index contributed by atoms with van der Waals surface area (Å²) >= 11 is 0. The molecule has 1 aromatic heterocycles. The minimum Gasteiger partial charge on any atom is -0.497 e. The van der Waals surface area contributed by atoms with Crippen LogP contribution >= 0.6 is 0 Å². The van der Waals surface area contributed by atoms with Gasteiger partial charge in [-0.25, -0.2) is 4.68 Å². The Kier molecular flexibility index (Phi) is 6.84. The van der Waals surface area contributed by atoms with Gasteiger partial charge in [0.15, 0.2) is 0 Å². The number of aromatic nitrogens is 2. The van der Waals surface area contributed by atoms with Crippen LogP contribution in [0, 0.1) is 6.92 Å². The van der Waals surface area contributed by atoms with Crippen LogP contribution in [0.1, 0.15) is 59.8 Å². The molecule has 0 radical (unpaired) electrons. The van der Waals surface area contributed by atoms with Crippen molar-refractivity contribution in [3.05, 3.63) is 77.1 Å². The van der Waals surface area contributed by atoms with E-state index in [1.807, 2.05) is 28.9 Å². The van der Waals surface area contributed by atoms with Gasteiger partial charge in [0.05, 0.1) is 30.3 Å². The maximum Gasteiger partial charge on any atom is 0.254 e. The van der Waals surface area contributed by atoms with E-state index in [-0.39, 0.29) is 17.2 Å². The zero-order chi connectivity index (χ0) is 23.4. The molecule has 2 aromatic carbocycles. The number of methoxy groups -OCH3 is 1. The molecule has 0 spiro atoms. The fourth-order valence-electron chi connectivity index (χ4n) is 4.60. The van der Waals surface area contributed by atoms with E-state index in [0.29, 0.717) is 25.3 Å². The Morgan fingerprint density at radius 1 is 1.12 bits per heavy atom. The molecule has 4 rings (SSSR count). The van der Waals surface area contributed by atoms with Crippen molar-refractivity contribution in [2.45, 2.75) is 44.9 Å². The molecule has 1 aliphatic rings. The number of hydrogen-bond acceptors (Lipinski definition) is 4. The molecule has 1 fully saturated rings. The molecule has 6 heteroatoms. The van der Waals surface area contributed by atoms with Gasteiger partial charge in [-0.3, -0.25) is 4.79 Å². The van der Waals surface area contributed by atoms with Gasteiger partial charge in [0.25, 0.3) is 5.91 Å². The maximum absolute atomic E-state index is 13.4. The van der Waals surface area contributed by atoms with Crippen LogP contribution in [-0.4, -0.2) is 42.6 Å². The molecule has 1 saturated heterocycles. The first kappa shape index (κ1) is 23.1. The van der Waals surface area contributed by atoms with Crippen molar-refractivity contribution < 1.29 is 14.3 Å². The Hall–Kier alpha value is -3.12. The summed E-state index contributed by atoms with van der Waals surface area (Å²) in [5.41, 5.74) is 4.74. The average molecular weight is 448 g/mol. The molecule has 1 N–H and O–H groups in total. The Bertz CT molecular complexity index is 1080. The van der Waals surface area contributed by atoms with Crippen molar-refractivity contribution in [2.75, 3.05) is 26.9 Å². The van der Waals surface area contributed by atoms with Crippen molar-refractivity contribution in [1.29, 1.82) is 0 Å². The molecule has 0 aliphatic carbocycles. The Balaban J connectivity index is 1.58. The number of aryl methyl sites for hydroxylation is 1. The summed E-state index contributed by atoms with van der Waals surface area (Å²) in [4.78, 5) is 13.4. The van der Waals surface area contributed by atoms with Gasteiger partial charge in [0, 0.05) is 25.2 Å². The summed E-state index contributed by atoms with van der Waals surface area (Å²) < 4.78 is 12.8. The summed E-state index contributed by atoms with van der Waals surface area (Å²) in [5.74, 6) is 0.889. The van der Waals surface area contributed by atoms with E-state index in [1.54, 1.807) is 13.3 Å². The van der Waals surface area contributed by atoms with E-state index in [1.165, 1.54) is 11.1 Å². The quantitative estimate of drug-likeness (QED) is 0.566. The third kappa shape index (κ3) is 4.81. The summed E-state index contributed by atoms with van der Waals surface area (Å²) in [6, 6.07) is 16.4. The number of nitrogens with one attached hydrogen (secondary N) is 1. The highest BCUT2D eigenvalue weighted by molar-refractivity contribution is 5.95. The van der Waals surface area contributed by atoms with E-state index in [4.69, 9.17) is 9.47 Å². The molecule has 0 saturated carbocycles. The van der Waals surface area contributed by atoms with E-state index in [0.717, 1.165) is 30.0 Å². The molecule has 2 heterocycles. The van der Waals surface area contributed by atoms with Crippen molar-refractivity contribution in [3.8, 4) is 11.4 Å². The number of amides is 1. The second-order valence-electron chi connectivity index (χ2n) is 9.15. The van der Waals surface area contributed by atoms with Crippen molar-refractivity contribution in [2.24, 2.45) is 0 Å². The lowest BCUT2D eigenvalue weighted by Crippen LogP contribution is -2.44. The van der Waals surface area contributed by atoms with Crippen LogP contribution in [0.2, 0.25) is 0 Å². The lowest BCUT2D eigenvalue weighted by Gasteiger charge is -2.38. The summed E-state index contributed by atoms with van der Waals surface area (Å²) in [6.45, 7) is 8.17. The zero-order valence-electron chi connectivity index (χ0n) is 19.9. The normalized spacial score (nSPS) is 15.4. The minimum atomic E-state index is -0.162. The number of ether oxygens (including phenoxy) is 2. The monoisotopic (exact) mass is 447 g/mol. The predicted molar refractivity (Wildman–Crippen MR) is 129 cm³/mol. The second kappa shape index (κ2) is 9.79. The highest BCUT2D eigenvalue weighted by Crippen LogP contribution is 2.35. The third-order valence-electron chi connectivity index (χ3n) is 6.62. The lowest BCUT2D eigenvalue weighted by atomic mass is 9.74. The maximum atomic E-state index is 13.4. The van der Waals surface area contributed by atoms with Crippen LogP contribution in [0.5, 0.6) is 5.75 Å². The molecule has 6 nitrogen and oxygen atoms in total. The second-order valence-corrected chi connectivity index (χ2v) is 9.15. The van der Waals surface area contributed by atoms with Gasteiger partial charge in [-0.1, -0.05) is 43.7 Å². The number of carbonyl (C=O) groups excluding carboxylic acids is 1. The first-order valence-corrected chi connectivity index (χ1v) is 11.6. The first-order valence-electron chi connectivity index (χ1n) is 11.6. The molecule has 1 amide bonds. The number of benzene rings is 2. The SMILES string of the molecule is COc1ccc(C2(CNC(=O)c3cnn(-c4ccc(C)cc4)c3C(C)C)CCOCC2)cc1. The summed E-state index contributed by atoms with van der Waals surface area (Å²) in [5, 5.41) is 7.80. The largest absolute Gasteiger partial charge is 0.497 e. The van der Waals surface area contributed by atoms with Crippen LogP contribution in [0.25, 0.3) is 5.69 Å². The van der Waals surface area contributed by atoms with Crippen LogP contribution < -0.4 is 10.1 Å². The van der Waals surface area contributed by atoms with Crippen LogP contribution in [-0.2, 0) is 10.2 Å². The predicted octanol–water partition coefficient (Wildman–Crippen LogP) is 4.79. The smallest absolute Gasteiger partial charge is 0.254 e. The molecule has 1 aliphatic heterocycles. The fourth-order valence-corrected chi connectivity index (χ4v) is 4.60. The fraction of sp³-hybridized carbons (Fsp3) is 0.407. The number of hydrogen-bond donors (Lipinski definition) is 1. The molecule has 0 bridgehead atoms. The van der Waals surface area contributed by atoms with Gasteiger partial charge in [-0.05, 0) is 55.5 Å². The molecule has 33 heavy (non-hydrogen) atoms. The Morgan fingerprint density at radius 2 is 1.79 bits per heavy atom. The molecule has 174 valence electrons. The van der Waals surface area contributed by atoms with Gasteiger partial charge in [0.1, 0.15) is 5.75 Å². The molecule has 0 atom stereocenters. The number of rotatable bonds is 7. The van der Waals surface area contributed by atoms with Gasteiger partial charge >= 0.3 is 0 Å². The van der Waals surface area contributed by atoms with Crippen LogP contribution in [0.3, 0.4) is 0 Å². The number of carbonyl (C=O) groups is 1. The van der Waals surface area contributed by atoms with Crippen LogP contribution in [0.15, 0.2) is 54.7 Å². The van der Waals surface area contributed by atoms with Gasteiger partial charge in [0.2, 0.25) is 0 Å². The summed E-state index contributed by atoms with van der Waals surface area (Å²) in [6.07, 6.45) is 3.41. The summed E-state index contributed by atoms with van der Waals surface area (Å²) in [7, 11) is 1.67. The highest BCUT2D eigenvalue weighted by atomic mass is 16.5.